The molecule has 76 valence electrons. The van der Waals surface area contributed by atoms with Gasteiger partial charge in [0.2, 0.25) is 0 Å². The number of hydrogen-bond acceptors (Lipinski definition) is 1. The van der Waals surface area contributed by atoms with E-state index in [0.717, 1.165) is 32.1 Å². The topological polar surface area (TPSA) is 20.2 Å². The average molecular weight is 204 g/mol. The number of fused-ring (bicyclic) bond motifs is 1. The molecule has 2 fully saturated rings. The van der Waals surface area contributed by atoms with Crippen molar-refractivity contribution >= 4 is 9.24 Å². The predicted octanol–water partition coefficient (Wildman–Crippen LogP) is 2.14. The highest BCUT2D eigenvalue weighted by atomic mass is 31.0. The summed E-state index contributed by atoms with van der Waals surface area (Å²) in [6, 6.07) is 0. The fourth-order valence-corrected chi connectivity index (χ4v) is 3.57. The zero-order valence-corrected chi connectivity index (χ0v) is 8.98. The highest BCUT2D eigenvalue weighted by Crippen LogP contribution is 2.44. The van der Waals surface area contributed by atoms with Crippen LogP contribution in [0.3, 0.4) is 0 Å². The van der Waals surface area contributed by atoms with Crippen LogP contribution in [0, 0.1) is 11.8 Å². The molecule has 2 aliphatic carbocycles. The minimum absolute atomic E-state index is 0.0914. The monoisotopic (exact) mass is 204 g/mol. The van der Waals surface area contributed by atoms with Gasteiger partial charge in [-0.15, -0.1) is 9.24 Å². The van der Waals surface area contributed by atoms with Crippen LogP contribution in [-0.4, -0.2) is 23.0 Å². The number of alkyl halides is 1. The molecule has 6 unspecified atom stereocenters. The van der Waals surface area contributed by atoms with Gasteiger partial charge >= 0.3 is 0 Å². The van der Waals surface area contributed by atoms with E-state index in [-0.39, 0.29) is 11.8 Å². The summed E-state index contributed by atoms with van der Waals surface area (Å²) in [6.45, 7) is 0. The van der Waals surface area contributed by atoms with Crippen LogP contribution in [0.2, 0.25) is 0 Å². The highest BCUT2D eigenvalue weighted by molar-refractivity contribution is 7.17. The van der Waals surface area contributed by atoms with Gasteiger partial charge in [0.1, 0.15) is 6.17 Å². The first-order chi connectivity index (χ1) is 6.18. The van der Waals surface area contributed by atoms with Gasteiger partial charge in [0, 0.05) is 5.66 Å². The minimum Gasteiger partial charge on any atom is -0.393 e. The molecule has 1 nitrogen and oxygen atoms in total. The Hall–Kier alpha value is 0.320. The lowest BCUT2D eigenvalue weighted by Gasteiger charge is -2.42. The number of halogens is 1. The van der Waals surface area contributed by atoms with Crippen molar-refractivity contribution in [2.24, 2.45) is 11.8 Å². The van der Waals surface area contributed by atoms with Crippen molar-refractivity contribution in [3.05, 3.63) is 0 Å². The summed E-state index contributed by atoms with van der Waals surface area (Å²) in [6.07, 6.45) is 3.78. The maximum Gasteiger partial charge on any atom is 0.107 e. The Kier molecular flexibility index (Phi) is 2.90. The lowest BCUT2D eigenvalue weighted by atomic mass is 9.69. The fraction of sp³-hybridized carbons (Fsp3) is 1.00. The van der Waals surface area contributed by atoms with Crippen molar-refractivity contribution in [1.29, 1.82) is 0 Å². The third kappa shape index (κ3) is 1.89. The average Bonchev–Trinajstić information content (AvgIpc) is 2.12. The molecule has 2 aliphatic rings. The summed E-state index contributed by atoms with van der Waals surface area (Å²) < 4.78 is 13.4. The number of hydrogen-bond donors (Lipinski definition) is 1. The van der Waals surface area contributed by atoms with Gasteiger partial charge in [-0.05, 0) is 43.9 Å². The van der Waals surface area contributed by atoms with Crippen molar-refractivity contribution in [3.8, 4) is 0 Å². The van der Waals surface area contributed by atoms with E-state index in [0.29, 0.717) is 11.8 Å². The van der Waals surface area contributed by atoms with Crippen molar-refractivity contribution in [2.75, 3.05) is 0 Å². The van der Waals surface area contributed by atoms with E-state index in [1.807, 2.05) is 0 Å². The normalized spacial score (nSPS) is 51.5. The maximum absolute atomic E-state index is 13.4. The van der Waals surface area contributed by atoms with E-state index in [9.17, 15) is 9.50 Å². The summed E-state index contributed by atoms with van der Waals surface area (Å²) in [5, 5.41) is 9.52. The standard InChI is InChI=1S/C10H18FOP/c11-9-4-2-6-1-3-7(12)5-8(6)10(9)13/h6-10,12H,1-5,13H2. The molecule has 0 aliphatic heterocycles. The molecule has 0 aromatic rings. The maximum atomic E-state index is 13.4. The molecule has 6 atom stereocenters. The molecular weight excluding hydrogens is 186 g/mol. The van der Waals surface area contributed by atoms with Crippen molar-refractivity contribution in [3.63, 3.8) is 0 Å². The summed E-state index contributed by atoms with van der Waals surface area (Å²) in [5.41, 5.74) is 0.0914. The van der Waals surface area contributed by atoms with E-state index in [1.165, 1.54) is 0 Å². The Balaban J connectivity index is 2.04. The van der Waals surface area contributed by atoms with E-state index in [1.54, 1.807) is 0 Å². The van der Waals surface area contributed by atoms with Gasteiger partial charge in [-0.2, -0.15) is 0 Å². The quantitative estimate of drug-likeness (QED) is 0.599. The van der Waals surface area contributed by atoms with E-state index < -0.39 is 6.17 Å². The SMILES string of the molecule is OC1CCC2CCC(F)C(P)C2C1. The first-order valence-corrected chi connectivity index (χ1v) is 5.93. The Bertz CT molecular complexity index is 184. The van der Waals surface area contributed by atoms with Gasteiger partial charge in [-0.3, -0.25) is 0 Å². The van der Waals surface area contributed by atoms with Gasteiger partial charge in [-0.1, -0.05) is 0 Å². The summed E-state index contributed by atoms with van der Waals surface area (Å²) >= 11 is 0. The van der Waals surface area contributed by atoms with Crippen LogP contribution in [0.25, 0.3) is 0 Å². The Morgan fingerprint density at radius 3 is 2.62 bits per heavy atom. The molecular formula is C10H18FOP. The largest absolute Gasteiger partial charge is 0.393 e. The first kappa shape index (κ1) is 9.86. The smallest absolute Gasteiger partial charge is 0.107 e. The fourth-order valence-electron chi connectivity index (χ4n) is 2.91. The van der Waals surface area contributed by atoms with Gasteiger partial charge < -0.3 is 5.11 Å². The number of aliphatic hydroxyl groups is 1. The molecule has 0 spiro atoms. The molecule has 0 aromatic heterocycles. The Morgan fingerprint density at radius 2 is 1.85 bits per heavy atom. The second-order valence-corrected chi connectivity index (χ2v) is 5.33. The Labute approximate surface area is 81.3 Å². The molecule has 0 amide bonds. The van der Waals surface area contributed by atoms with Crippen LogP contribution in [0.1, 0.15) is 32.1 Å². The molecule has 2 saturated carbocycles. The van der Waals surface area contributed by atoms with Gasteiger partial charge in [-0.25, -0.2) is 4.39 Å². The zero-order valence-electron chi connectivity index (χ0n) is 7.82. The molecule has 0 saturated heterocycles. The second-order valence-electron chi connectivity index (χ2n) is 4.56. The third-order valence-corrected chi connectivity index (χ3v) is 4.66. The van der Waals surface area contributed by atoms with Crippen LogP contribution in [-0.2, 0) is 0 Å². The summed E-state index contributed by atoms with van der Waals surface area (Å²) in [5.74, 6) is 1.09. The Morgan fingerprint density at radius 1 is 1.15 bits per heavy atom. The van der Waals surface area contributed by atoms with E-state index in [2.05, 4.69) is 9.24 Å². The molecule has 2 rings (SSSR count). The number of aliphatic hydroxyl groups excluding tert-OH is 1. The van der Waals surface area contributed by atoms with Crippen LogP contribution >= 0.6 is 9.24 Å². The number of rotatable bonds is 0. The summed E-state index contributed by atoms with van der Waals surface area (Å²) in [7, 11) is 2.65. The molecule has 0 radical (unpaired) electrons. The lowest BCUT2D eigenvalue weighted by Crippen LogP contribution is -2.41. The summed E-state index contributed by atoms with van der Waals surface area (Å²) in [4.78, 5) is 0. The third-order valence-electron chi connectivity index (χ3n) is 3.75. The van der Waals surface area contributed by atoms with Crippen LogP contribution in [0.4, 0.5) is 4.39 Å². The van der Waals surface area contributed by atoms with Gasteiger partial charge in [0.05, 0.1) is 6.10 Å². The van der Waals surface area contributed by atoms with Gasteiger partial charge in [0.25, 0.3) is 0 Å². The minimum atomic E-state index is -0.656. The molecule has 0 aromatic carbocycles. The van der Waals surface area contributed by atoms with Crippen LogP contribution < -0.4 is 0 Å². The van der Waals surface area contributed by atoms with Gasteiger partial charge in [0.15, 0.2) is 0 Å². The molecule has 3 heteroatoms. The van der Waals surface area contributed by atoms with Crippen molar-refractivity contribution < 1.29 is 9.50 Å². The van der Waals surface area contributed by atoms with Crippen LogP contribution in [0.15, 0.2) is 0 Å². The second kappa shape index (κ2) is 3.82. The molecule has 0 heterocycles. The predicted molar refractivity (Wildman–Crippen MR) is 54.5 cm³/mol. The highest BCUT2D eigenvalue weighted by Gasteiger charge is 2.40. The molecule has 0 bridgehead atoms. The lowest BCUT2D eigenvalue weighted by molar-refractivity contribution is 0.0318. The van der Waals surface area contributed by atoms with Crippen molar-refractivity contribution in [2.45, 2.75) is 50.0 Å². The zero-order chi connectivity index (χ0) is 9.42. The van der Waals surface area contributed by atoms with Crippen LogP contribution in [0.5, 0.6) is 0 Å². The van der Waals surface area contributed by atoms with E-state index in [4.69, 9.17) is 0 Å². The van der Waals surface area contributed by atoms with E-state index >= 15 is 0 Å². The molecule has 1 N–H and O–H groups in total. The first-order valence-electron chi connectivity index (χ1n) is 5.26. The van der Waals surface area contributed by atoms with Crippen molar-refractivity contribution in [1.82, 2.24) is 0 Å². The molecule has 13 heavy (non-hydrogen) atoms.